The quantitative estimate of drug-likeness (QED) is 0.845. The van der Waals surface area contributed by atoms with Crippen molar-refractivity contribution in [3.05, 3.63) is 50.1 Å². The van der Waals surface area contributed by atoms with Crippen LogP contribution in [0.4, 0.5) is 14.5 Å². The molecule has 0 saturated heterocycles. The zero-order valence-electron chi connectivity index (χ0n) is 10.1. The smallest absolute Gasteiger partial charge is 0.308 e. The Morgan fingerprint density at radius 1 is 1.25 bits per heavy atom. The van der Waals surface area contributed by atoms with Gasteiger partial charge in [-0.25, -0.2) is 8.78 Å². The summed E-state index contributed by atoms with van der Waals surface area (Å²) in [4.78, 5) is 12.1. The van der Waals surface area contributed by atoms with Crippen LogP contribution in [0.15, 0.2) is 28.7 Å². The topological polar surface area (TPSA) is 49.3 Å². The van der Waals surface area contributed by atoms with Crippen LogP contribution >= 0.6 is 27.3 Å². The average Bonchev–Trinajstić information content (AvgIpc) is 2.74. The summed E-state index contributed by atoms with van der Waals surface area (Å²) in [7, 11) is 0. The predicted octanol–water partition coefficient (Wildman–Crippen LogP) is 4.03. The molecule has 2 aromatic rings. The van der Waals surface area contributed by atoms with Gasteiger partial charge in [-0.3, -0.25) is 4.79 Å². The number of hydrogen-bond acceptors (Lipinski definition) is 3. The van der Waals surface area contributed by atoms with E-state index in [0.717, 1.165) is 4.88 Å². The minimum absolute atomic E-state index is 0.0499. The zero-order valence-corrected chi connectivity index (χ0v) is 12.5. The fraction of sp³-hybridized carbons (Fsp3) is 0.154. The lowest BCUT2D eigenvalue weighted by Gasteiger charge is -2.08. The maximum Gasteiger partial charge on any atom is 0.308 e. The van der Waals surface area contributed by atoms with Gasteiger partial charge in [0.05, 0.1) is 6.42 Å². The van der Waals surface area contributed by atoms with Crippen LogP contribution in [0.2, 0.25) is 0 Å². The number of carbonyl (C=O) groups is 1. The van der Waals surface area contributed by atoms with Crippen molar-refractivity contribution >= 4 is 38.9 Å². The minimum Gasteiger partial charge on any atom is -0.481 e. The second-order valence-corrected chi connectivity index (χ2v) is 6.21. The van der Waals surface area contributed by atoms with Gasteiger partial charge in [-0.05, 0) is 24.3 Å². The predicted molar refractivity (Wildman–Crippen MR) is 77.0 cm³/mol. The second kappa shape index (κ2) is 6.32. The molecule has 0 aliphatic heterocycles. The van der Waals surface area contributed by atoms with Crippen molar-refractivity contribution in [2.75, 3.05) is 5.32 Å². The van der Waals surface area contributed by atoms with E-state index in [4.69, 9.17) is 5.11 Å². The van der Waals surface area contributed by atoms with Crippen molar-refractivity contribution < 1.29 is 18.7 Å². The number of aliphatic carboxylic acids is 1. The Balaban J connectivity index is 2.05. The van der Waals surface area contributed by atoms with Gasteiger partial charge in [0.2, 0.25) is 0 Å². The van der Waals surface area contributed by atoms with E-state index in [2.05, 4.69) is 21.2 Å². The summed E-state index contributed by atoms with van der Waals surface area (Å²) in [6, 6.07) is 5.79. The summed E-state index contributed by atoms with van der Waals surface area (Å²) in [5, 5.41) is 11.4. The van der Waals surface area contributed by atoms with Crippen molar-refractivity contribution in [3.8, 4) is 0 Å². The van der Waals surface area contributed by atoms with E-state index in [1.54, 1.807) is 12.1 Å². The molecule has 0 aliphatic carbocycles. The molecule has 7 heteroatoms. The number of carboxylic acid groups (broad SMARTS) is 1. The van der Waals surface area contributed by atoms with Crippen molar-refractivity contribution in [1.82, 2.24) is 0 Å². The standard InChI is InChI=1S/C13H10BrF2NO2S/c14-7-3-10(15)13(11(16)4-7)17-6-9-2-1-8(20-9)5-12(18)19/h1-4,17H,5-6H2,(H,18,19). The van der Waals surface area contributed by atoms with Crippen LogP contribution in [0.5, 0.6) is 0 Å². The van der Waals surface area contributed by atoms with Crippen LogP contribution in [0.25, 0.3) is 0 Å². The molecule has 3 nitrogen and oxygen atoms in total. The van der Waals surface area contributed by atoms with Crippen molar-refractivity contribution in [2.24, 2.45) is 0 Å². The summed E-state index contributed by atoms with van der Waals surface area (Å²) in [5.41, 5.74) is -0.193. The molecule has 0 unspecified atom stereocenters. The van der Waals surface area contributed by atoms with Crippen LogP contribution in [0.1, 0.15) is 9.75 Å². The summed E-state index contributed by atoms with van der Waals surface area (Å²) < 4.78 is 27.5. The molecule has 0 amide bonds. The van der Waals surface area contributed by atoms with Gasteiger partial charge in [0.15, 0.2) is 0 Å². The number of halogens is 3. The largest absolute Gasteiger partial charge is 0.481 e. The fourth-order valence-electron chi connectivity index (χ4n) is 1.65. The lowest BCUT2D eigenvalue weighted by molar-refractivity contribution is -0.136. The number of rotatable bonds is 5. The normalized spacial score (nSPS) is 10.6. The van der Waals surface area contributed by atoms with Crippen molar-refractivity contribution in [1.29, 1.82) is 0 Å². The van der Waals surface area contributed by atoms with Crippen LogP contribution in [-0.2, 0) is 17.8 Å². The Hall–Kier alpha value is -1.47. The van der Waals surface area contributed by atoms with Gasteiger partial charge >= 0.3 is 5.97 Å². The molecule has 0 fully saturated rings. The van der Waals surface area contributed by atoms with E-state index in [0.29, 0.717) is 9.35 Å². The molecule has 1 aromatic carbocycles. The highest BCUT2D eigenvalue weighted by molar-refractivity contribution is 9.10. The van der Waals surface area contributed by atoms with Gasteiger partial charge in [0.25, 0.3) is 0 Å². The number of thiophene rings is 1. The summed E-state index contributed by atoms with van der Waals surface area (Å²) >= 11 is 4.31. The fourth-order valence-corrected chi connectivity index (χ4v) is 3.00. The molecule has 0 radical (unpaired) electrons. The zero-order chi connectivity index (χ0) is 14.7. The molecule has 1 heterocycles. The van der Waals surface area contributed by atoms with Crippen molar-refractivity contribution in [2.45, 2.75) is 13.0 Å². The lowest BCUT2D eigenvalue weighted by atomic mass is 10.3. The Kier molecular flexibility index (Phi) is 4.72. The van der Waals surface area contributed by atoms with Crippen LogP contribution < -0.4 is 5.32 Å². The third-order valence-corrected chi connectivity index (χ3v) is 4.03. The van der Waals surface area contributed by atoms with Gasteiger partial charge in [0, 0.05) is 20.8 Å². The summed E-state index contributed by atoms with van der Waals surface area (Å²) in [6.07, 6.45) is -0.0499. The third kappa shape index (κ3) is 3.77. The first-order valence-electron chi connectivity index (χ1n) is 5.63. The highest BCUT2D eigenvalue weighted by atomic mass is 79.9. The first-order chi connectivity index (χ1) is 9.45. The maximum absolute atomic E-state index is 13.6. The Bertz CT molecular complexity index is 622. The van der Waals surface area contributed by atoms with E-state index in [1.165, 1.54) is 23.5 Å². The van der Waals surface area contributed by atoms with Crippen molar-refractivity contribution in [3.63, 3.8) is 0 Å². The first kappa shape index (κ1) is 14.9. The number of anilines is 1. The van der Waals surface area contributed by atoms with E-state index in [-0.39, 0.29) is 18.7 Å². The second-order valence-electron chi connectivity index (χ2n) is 4.04. The molecule has 0 spiro atoms. The van der Waals surface area contributed by atoms with E-state index >= 15 is 0 Å². The monoisotopic (exact) mass is 361 g/mol. The Labute approximate surface area is 126 Å². The molecule has 20 heavy (non-hydrogen) atoms. The average molecular weight is 362 g/mol. The number of benzene rings is 1. The highest BCUT2D eigenvalue weighted by Crippen LogP contribution is 2.25. The van der Waals surface area contributed by atoms with Crippen LogP contribution in [-0.4, -0.2) is 11.1 Å². The van der Waals surface area contributed by atoms with E-state index < -0.39 is 17.6 Å². The molecular formula is C13H10BrF2NO2S. The summed E-state index contributed by atoms with van der Waals surface area (Å²) in [6.45, 7) is 0.236. The van der Waals surface area contributed by atoms with Crippen LogP contribution in [0.3, 0.4) is 0 Å². The van der Waals surface area contributed by atoms with Gasteiger partial charge < -0.3 is 10.4 Å². The SMILES string of the molecule is O=C(O)Cc1ccc(CNc2c(F)cc(Br)cc2F)s1. The summed E-state index contributed by atoms with van der Waals surface area (Å²) in [5.74, 6) is -2.27. The van der Waals surface area contributed by atoms with Gasteiger partial charge in [0.1, 0.15) is 17.3 Å². The van der Waals surface area contributed by atoms with E-state index in [1.807, 2.05) is 0 Å². The molecular weight excluding hydrogens is 352 g/mol. The highest BCUT2D eigenvalue weighted by Gasteiger charge is 2.11. The molecule has 2 N–H and O–H groups in total. The number of nitrogens with one attached hydrogen (secondary N) is 1. The maximum atomic E-state index is 13.6. The van der Waals surface area contributed by atoms with Gasteiger partial charge in [-0.15, -0.1) is 11.3 Å². The lowest BCUT2D eigenvalue weighted by Crippen LogP contribution is -2.02. The van der Waals surface area contributed by atoms with Crippen LogP contribution in [0, 0.1) is 11.6 Å². The van der Waals surface area contributed by atoms with Gasteiger partial charge in [-0.2, -0.15) is 0 Å². The van der Waals surface area contributed by atoms with E-state index in [9.17, 15) is 13.6 Å². The van der Waals surface area contributed by atoms with Gasteiger partial charge in [-0.1, -0.05) is 15.9 Å². The minimum atomic E-state index is -0.906. The third-order valence-electron chi connectivity index (χ3n) is 2.49. The first-order valence-corrected chi connectivity index (χ1v) is 7.24. The number of carboxylic acids is 1. The molecule has 0 bridgehead atoms. The molecule has 0 aliphatic rings. The number of hydrogen-bond donors (Lipinski definition) is 2. The molecule has 1 aromatic heterocycles. The Morgan fingerprint density at radius 2 is 1.85 bits per heavy atom. The molecule has 2 rings (SSSR count). The Morgan fingerprint density at radius 3 is 2.45 bits per heavy atom. The molecule has 0 atom stereocenters. The molecule has 0 saturated carbocycles. The molecule has 106 valence electrons.